The van der Waals surface area contributed by atoms with Crippen LogP contribution in [0.25, 0.3) is 11.5 Å². The Morgan fingerprint density at radius 3 is 2.88 bits per heavy atom. The van der Waals surface area contributed by atoms with Gasteiger partial charge < -0.3 is 14.5 Å². The van der Waals surface area contributed by atoms with Crippen molar-refractivity contribution in [2.75, 3.05) is 20.3 Å². The van der Waals surface area contributed by atoms with Gasteiger partial charge in [-0.3, -0.25) is 4.79 Å². The van der Waals surface area contributed by atoms with Crippen LogP contribution in [-0.4, -0.2) is 44.8 Å². The average Bonchev–Trinajstić information content (AvgIpc) is 3.02. The summed E-state index contributed by atoms with van der Waals surface area (Å²) >= 11 is 5.92. The van der Waals surface area contributed by atoms with Crippen LogP contribution in [0.1, 0.15) is 12.6 Å². The van der Waals surface area contributed by atoms with Crippen molar-refractivity contribution in [3.63, 3.8) is 0 Å². The topological polar surface area (TPSA) is 98.5 Å². The van der Waals surface area contributed by atoms with E-state index in [1.807, 2.05) is 0 Å². The van der Waals surface area contributed by atoms with Gasteiger partial charge in [0.25, 0.3) is 0 Å². The zero-order valence-electron chi connectivity index (χ0n) is 13.9. The predicted octanol–water partition coefficient (Wildman–Crippen LogP) is 2.06. The zero-order valence-corrected chi connectivity index (χ0v) is 15.4. The van der Waals surface area contributed by atoms with Gasteiger partial charge in [-0.15, -0.1) is 0 Å². The van der Waals surface area contributed by atoms with Gasteiger partial charge in [0.05, 0.1) is 18.1 Å². The fourth-order valence-corrected chi connectivity index (χ4v) is 3.44. The van der Waals surface area contributed by atoms with Gasteiger partial charge in [-0.1, -0.05) is 17.7 Å². The lowest BCUT2D eigenvalue weighted by atomic mass is 10.2. The minimum Gasteiger partial charge on any atom is -0.444 e. The second-order valence-electron chi connectivity index (χ2n) is 5.39. The third-order valence-electron chi connectivity index (χ3n) is 3.49. The molecule has 2 rings (SSSR count). The van der Waals surface area contributed by atoms with E-state index in [2.05, 4.69) is 10.3 Å². The molecule has 0 fully saturated rings. The van der Waals surface area contributed by atoms with E-state index in [4.69, 9.17) is 20.8 Å². The highest BCUT2D eigenvalue weighted by atomic mass is 35.5. The zero-order chi connectivity index (χ0) is 18.4. The molecule has 1 aromatic heterocycles. The first-order valence-corrected chi connectivity index (χ1v) is 9.61. The number of hydrogen-bond donors (Lipinski definition) is 1. The number of sulfone groups is 1. The van der Waals surface area contributed by atoms with Crippen LogP contribution in [0.15, 0.2) is 34.9 Å². The van der Waals surface area contributed by atoms with Gasteiger partial charge in [0.2, 0.25) is 11.8 Å². The Balaban J connectivity index is 2.07. The minimum absolute atomic E-state index is 0.228. The van der Waals surface area contributed by atoms with Crippen LogP contribution in [0.3, 0.4) is 0 Å². The molecule has 0 bridgehead atoms. The van der Waals surface area contributed by atoms with Crippen molar-refractivity contribution in [2.45, 2.75) is 17.9 Å². The molecule has 136 valence electrons. The van der Waals surface area contributed by atoms with Gasteiger partial charge in [0.1, 0.15) is 11.5 Å². The highest BCUT2D eigenvalue weighted by Crippen LogP contribution is 2.23. The van der Waals surface area contributed by atoms with Crippen molar-refractivity contribution in [1.82, 2.24) is 10.3 Å². The number of amides is 1. The molecule has 25 heavy (non-hydrogen) atoms. The Kier molecular flexibility index (Phi) is 6.57. The molecule has 0 saturated carbocycles. The Labute approximate surface area is 151 Å². The Hall–Kier alpha value is -1.90. The van der Waals surface area contributed by atoms with Gasteiger partial charge in [-0.05, 0) is 25.1 Å². The van der Waals surface area contributed by atoms with E-state index in [0.717, 1.165) is 0 Å². The molecule has 0 aliphatic carbocycles. The summed E-state index contributed by atoms with van der Waals surface area (Å²) in [4.78, 5) is 16.1. The quantitative estimate of drug-likeness (QED) is 0.697. The highest BCUT2D eigenvalue weighted by Gasteiger charge is 2.29. The van der Waals surface area contributed by atoms with Gasteiger partial charge in [-0.25, -0.2) is 13.4 Å². The Morgan fingerprint density at radius 1 is 1.44 bits per heavy atom. The van der Waals surface area contributed by atoms with E-state index in [1.54, 1.807) is 24.3 Å². The van der Waals surface area contributed by atoms with Crippen LogP contribution in [0.4, 0.5) is 0 Å². The minimum atomic E-state index is -3.73. The van der Waals surface area contributed by atoms with E-state index in [9.17, 15) is 13.2 Å². The van der Waals surface area contributed by atoms with E-state index < -0.39 is 26.7 Å². The standard InChI is InChI=1S/C16H19ClN2O5S/c1-11(15(20)18-6-7-23-2)25(21,22)10-14-9-24-16(19-14)12-4-3-5-13(17)8-12/h3-5,8-9,11H,6-7,10H2,1-2H3,(H,18,20). The molecular formula is C16H19ClN2O5S. The molecule has 9 heteroatoms. The summed E-state index contributed by atoms with van der Waals surface area (Å²) < 4.78 is 34.9. The Bertz CT molecular complexity index is 835. The van der Waals surface area contributed by atoms with Crippen molar-refractivity contribution < 1.29 is 22.4 Å². The number of halogens is 1. The summed E-state index contributed by atoms with van der Waals surface area (Å²) in [5.74, 6) is -0.698. The van der Waals surface area contributed by atoms with Crippen LogP contribution in [0.2, 0.25) is 5.02 Å². The molecule has 1 aromatic carbocycles. The summed E-state index contributed by atoms with van der Waals surface area (Å²) in [5.41, 5.74) is 0.869. The molecule has 0 radical (unpaired) electrons. The molecule has 1 amide bonds. The summed E-state index contributed by atoms with van der Waals surface area (Å²) in [6.45, 7) is 1.90. The van der Waals surface area contributed by atoms with Crippen LogP contribution >= 0.6 is 11.6 Å². The fourth-order valence-electron chi connectivity index (χ4n) is 2.04. The highest BCUT2D eigenvalue weighted by molar-refractivity contribution is 7.92. The normalized spacial score (nSPS) is 12.8. The summed E-state index contributed by atoms with van der Waals surface area (Å²) in [6, 6.07) is 6.87. The number of benzene rings is 1. The van der Waals surface area contributed by atoms with Crippen molar-refractivity contribution >= 4 is 27.3 Å². The molecule has 1 N–H and O–H groups in total. The number of rotatable bonds is 8. The largest absolute Gasteiger partial charge is 0.444 e. The van der Waals surface area contributed by atoms with Gasteiger partial charge in [0.15, 0.2) is 9.84 Å². The number of nitrogens with one attached hydrogen (secondary N) is 1. The molecule has 0 saturated heterocycles. The Morgan fingerprint density at radius 2 is 2.20 bits per heavy atom. The second kappa shape index (κ2) is 8.46. The molecular weight excluding hydrogens is 368 g/mol. The molecule has 7 nitrogen and oxygen atoms in total. The fraction of sp³-hybridized carbons (Fsp3) is 0.375. The number of carbonyl (C=O) groups excluding carboxylic acids is 1. The van der Waals surface area contributed by atoms with E-state index >= 15 is 0 Å². The van der Waals surface area contributed by atoms with Crippen molar-refractivity contribution in [3.8, 4) is 11.5 Å². The van der Waals surface area contributed by atoms with E-state index in [1.165, 1.54) is 20.3 Å². The summed E-state index contributed by atoms with van der Waals surface area (Å²) in [7, 11) is -2.23. The van der Waals surface area contributed by atoms with Gasteiger partial charge >= 0.3 is 0 Å². The maximum absolute atomic E-state index is 12.4. The number of oxazole rings is 1. The number of ether oxygens (including phenoxy) is 1. The van der Waals surface area contributed by atoms with Crippen LogP contribution in [0.5, 0.6) is 0 Å². The molecule has 2 aromatic rings. The lowest BCUT2D eigenvalue weighted by Gasteiger charge is -2.12. The van der Waals surface area contributed by atoms with Crippen LogP contribution < -0.4 is 5.32 Å². The predicted molar refractivity (Wildman–Crippen MR) is 93.9 cm³/mol. The number of hydrogen-bond acceptors (Lipinski definition) is 6. The second-order valence-corrected chi connectivity index (χ2v) is 8.15. The van der Waals surface area contributed by atoms with Gasteiger partial charge in [0, 0.05) is 24.2 Å². The molecule has 0 aliphatic heterocycles. The summed E-state index contributed by atoms with van der Waals surface area (Å²) in [5, 5.41) is 1.83. The number of carbonyl (C=O) groups is 1. The molecule has 0 spiro atoms. The summed E-state index contributed by atoms with van der Waals surface area (Å²) in [6.07, 6.45) is 1.27. The van der Waals surface area contributed by atoms with Crippen molar-refractivity contribution in [3.05, 3.63) is 41.2 Å². The van der Waals surface area contributed by atoms with Crippen molar-refractivity contribution in [2.24, 2.45) is 0 Å². The van der Waals surface area contributed by atoms with Gasteiger partial charge in [-0.2, -0.15) is 0 Å². The number of aromatic nitrogens is 1. The maximum Gasteiger partial charge on any atom is 0.238 e. The first-order chi connectivity index (χ1) is 11.8. The molecule has 0 aliphatic rings. The average molecular weight is 387 g/mol. The lowest BCUT2D eigenvalue weighted by Crippen LogP contribution is -2.39. The molecule has 1 atom stereocenters. The first-order valence-electron chi connectivity index (χ1n) is 7.52. The first kappa shape index (κ1) is 19.4. The monoisotopic (exact) mass is 386 g/mol. The van der Waals surface area contributed by atoms with Crippen molar-refractivity contribution in [1.29, 1.82) is 0 Å². The lowest BCUT2D eigenvalue weighted by molar-refractivity contribution is -0.120. The molecule has 1 heterocycles. The SMILES string of the molecule is COCCNC(=O)C(C)S(=O)(=O)Cc1coc(-c2cccc(Cl)c2)n1. The molecule has 1 unspecified atom stereocenters. The number of nitrogens with zero attached hydrogens (tertiary/aromatic N) is 1. The smallest absolute Gasteiger partial charge is 0.238 e. The van der Waals surface area contributed by atoms with E-state index in [-0.39, 0.29) is 18.1 Å². The number of methoxy groups -OCH3 is 1. The third-order valence-corrected chi connectivity index (χ3v) is 5.71. The third kappa shape index (κ3) is 5.29. The van der Waals surface area contributed by atoms with Crippen LogP contribution in [-0.2, 0) is 25.1 Å². The van der Waals surface area contributed by atoms with Crippen LogP contribution in [0, 0.1) is 0 Å². The van der Waals surface area contributed by atoms with E-state index in [0.29, 0.717) is 17.2 Å². The maximum atomic E-state index is 12.4.